The van der Waals surface area contributed by atoms with Crippen molar-refractivity contribution in [2.45, 2.75) is 24.6 Å². The Morgan fingerprint density at radius 1 is 1.64 bits per heavy atom. The predicted octanol–water partition coefficient (Wildman–Crippen LogP) is -0.350. The standard InChI is InChI=1S/C8H11NO4S/c1-4(10)2-6-7(11)9-5(3-14-6)8(12)13/h5-6H,2-3H2,1H3,(H,9,11)(H,12,13). The van der Waals surface area contributed by atoms with Crippen LogP contribution in [0.5, 0.6) is 0 Å². The summed E-state index contributed by atoms with van der Waals surface area (Å²) >= 11 is 1.22. The zero-order valence-corrected chi connectivity index (χ0v) is 8.47. The SMILES string of the molecule is CC(=O)CC1SCC(C(=O)O)NC1=O. The Hall–Kier alpha value is -1.04. The smallest absolute Gasteiger partial charge is 0.327 e. The normalized spacial score (nSPS) is 26.8. The zero-order chi connectivity index (χ0) is 10.7. The summed E-state index contributed by atoms with van der Waals surface area (Å²) in [6, 6.07) is -0.823. The number of carbonyl (C=O) groups excluding carboxylic acids is 2. The second kappa shape index (κ2) is 4.45. The molecule has 5 nitrogen and oxygen atoms in total. The second-order valence-electron chi connectivity index (χ2n) is 3.13. The van der Waals surface area contributed by atoms with Gasteiger partial charge in [-0.25, -0.2) is 4.79 Å². The fourth-order valence-corrected chi connectivity index (χ4v) is 2.36. The third-order valence-electron chi connectivity index (χ3n) is 1.84. The fraction of sp³-hybridized carbons (Fsp3) is 0.625. The maximum atomic E-state index is 11.3. The molecule has 6 heteroatoms. The Morgan fingerprint density at radius 3 is 2.71 bits per heavy atom. The molecule has 1 amide bonds. The number of thioether (sulfide) groups is 1. The molecule has 0 spiro atoms. The molecular formula is C8H11NO4S. The van der Waals surface area contributed by atoms with Crippen LogP contribution in [0.2, 0.25) is 0 Å². The number of hydrogen-bond acceptors (Lipinski definition) is 4. The lowest BCUT2D eigenvalue weighted by molar-refractivity contribution is -0.141. The molecule has 78 valence electrons. The Morgan fingerprint density at radius 2 is 2.29 bits per heavy atom. The van der Waals surface area contributed by atoms with E-state index in [4.69, 9.17) is 5.11 Å². The van der Waals surface area contributed by atoms with Gasteiger partial charge in [-0.2, -0.15) is 0 Å². The highest BCUT2D eigenvalue weighted by Crippen LogP contribution is 2.21. The average molecular weight is 217 g/mol. The molecule has 0 aromatic carbocycles. The first-order chi connectivity index (χ1) is 6.50. The van der Waals surface area contributed by atoms with Gasteiger partial charge in [-0.15, -0.1) is 11.8 Å². The van der Waals surface area contributed by atoms with E-state index >= 15 is 0 Å². The number of hydrogen-bond donors (Lipinski definition) is 2. The van der Waals surface area contributed by atoms with Gasteiger partial charge in [0.1, 0.15) is 11.8 Å². The molecular weight excluding hydrogens is 206 g/mol. The van der Waals surface area contributed by atoms with Crippen LogP contribution in [-0.2, 0) is 14.4 Å². The van der Waals surface area contributed by atoms with Crippen LogP contribution in [0, 0.1) is 0 Å². The number of carboxylic acid groups (broad SMARTS) is 1. The van der Waals surface area contributed by atoms with Crippen molar-refractivity contribution in [1.82, 2.24) is 5.32 Å². The topological polar surface area (TPSA) is 83.5 Å². The van der Waals surface area contributed by atoms with Gasteiger partial charge >= 0.3 is 5.97 Å². The molecule has 1 heterocycles. The highest BCUT2D eigenvalue weighted by molar-refractivity contribution is 8.00. The Labute approximate surface area is 85.2 Å². The third kappa shape index (κ3) is 2.73. The first-order valence-corrected chi connectivity index (χ1v) is 5.20. The molecule has 1 aliphatic rings. The van der Waals surface area contributed by atoms with Gasteiger partial charge < -0.3 is 10.4 Å². The second-order valence-corrected chi connectivity index (χ2v) is 4.36. The van der Waals surface area contributed by atoms with Gasteiger partial charge in [0, 0.05) is 12.2 Å². The number of carboxylic acids is 1. The molecule has 0 bridgehead atoms. The van der Waals surface area contributed by atoms with E-state index in [1.54, 1.807) is 0 Å². The molecule has 2 atom stereocenters. The highest BCUT2D eigenvalue weighted by Gasteiger charge is 2.32. The van der Waals surface area contributed by atoms with Crippen LogP contribution in [0.15, 0.2) is 0 Å². The van der Waals surface area contributed by atoms with Gasteiger partial charge in [-0.1, -0.05) is 0 Å². The van der Waals surface area contributed by atoms with E-state index in [1.165, 1.54) is 18.7 Å². The van der Waals surface area contributed by atoms with Crippen molar-refractivity contribution < 1.29 is 19.5 Å². The van der Waals surface area contributed by atoms with Gasteiger partial charge in [0.25, 0.3) is 0 Å². The number of Topliss-reactive ketones (excluding diaryl/α,β-unsaturated/α-hetero) is 1. The lowest BCUT2D eigenvalue weighted by Gasteiger charge is -2.25. The summed E-state index contributed by atoms with van der Waals surface area (Å²) in [4.78, 5) is 32.6. The van der Waals surface area contributed by atoms with Gasteiger partial charge in [0.05, 0.1) is 5.25 Å². The molecule has 1 rings (SSSR count). The number of ketones is 1. The number of carbonyl (C=O) groups is 3. The van der Waals surface area contributed by atoms with Gasteiger partial charge in [-0.3, -0.25) is 9.59 Å². The molecule has 0 aliphatic carbocycles. The fourth-order valence-electron chi connectivity index (χ4n) is 1.14. The first-order valence-electron chi connectivity index (χ1n) is 4.15. The largest absolute Gasteiger partial charge is 0.480 e. The Bertz CT molecular complexity index is 279. The number of aliphatic carboxylic acids is 1. The summed E-state index contributed by atoms with van der Waals surface area (Å²) in [5.74, 6) is -1.14. The summed E-state index contributed by atoms with van der Waals surface area (Å²) in [5, 5.41) is 10.6. The van der Waals surface area contributed by atoms with Crippen molar-refractivity contribution in [3.8, 4) is 0 Å². The molecule has 1 aliphatic heterocycles. The summed E-state index contributed by atoms with van der Waals surface area (Å²) in [6.07, 6.45) is 0.169. The van der Waals surface area contributed by atoms with Gasteiger partial charge in [-0.05, 0) is 6.92 Å². The van der Waals surface area contributed by atoms with E-state index in [-0.39, 0.29) is 18.1 Å². The monoisotopic (exact) mass is 217 g/mol. The predicted molar refractivity (Wildman–Crippen MR) is 51.1 cm³/mol. The minimum atomic E-state index is -1.04. The molecule has 0 aromatic heterocycles. The number of amides is 1. The van der Waals surface area contributed by atoms with E-state index in [2.05, 4.69) is 5.32 Å². The summed E-state index contributed by atoms with van der Waals surface area (Å²) < 4.78 is 0. The number of rotatable bonds is 3. The number of nitrogens with one attached hydrogen (secondary N) is 1. The zero-order valence-electron chi connectivity index (χ0n) is 7.65. The van der Waals surface area contributed by atoms with Crippen LogP contribution in [0.25, 0.3) is 0 Å². The molecule has 14 heavy (non-hydrogen) atoms. The minimum Gasteiger partial charge on any atom is -0.480 e. The lowest BCUT2D eigenvalue weighted by atomic mass is 10.2. The quantitative estimate of drug-likeness (QED) is 0.675. The van der Waals surface area contributed by atoms with Crippen LogP contribution in [0.3, 0.4) is 0 Å². The third-order valence-corrected chi connectivity index (χ3v) is 3.15. The Balaban J connectivity index is 2.52. The summed E-state index contributed by atoms with van der Waals surface area (Å²) in [6.45, 7) is 1.41. The molecule has 1 saturated heterocycles. The van der Waals surface area contributed by atoms with Crippen molar-refractivity contribution >= 4 is 29.4 Å². The minimum absolute atomic E-state index is 0.0635. The van der Waals surface area contributed by atoms with Crippen LogP contribution >= 0.6 is 11.8 Å². The van der Waals surface area contributed by atoms with Crippen molar-refractivity contribution in [2.75, 3.05) is 5.75 Å². The van der Waals surface area contributed by atoms with Crippen molar-refractivity contribution in [3.63, 3.8) is 0 Å². The molecule has 1 fully saturated rings. The first kappa shape index (κ1) is 11.0. The summed E-state index contributed by atoms with van der Waals surface area (Å²) in [5.41, 5.74) is 0. The van der Waals surface area contributed by atoms with Crippen molar-refractivity contribution in [3.05, 3.63) is 0 Å². The van der Waals surface area contributed by atoms with Crippen LogP contribution < -0.4 is 5.32 Å². The molecule has 2 unspecified atom stereocenters. The molecule has 0 saturated carbocycles. The van der Waals surface area contributed by atoms with E-state index in [9.17, 15) is 14.4 Å². The van der Waals surface area contributed by atoms with Crippen molar-refractivity contribution in [2.24, 2.45) is 0 Å². The maximum absolute atomic E-state index is 11.3. The van der Waals surface area contributed by atoms with E-state index in [0.717, 1.165) is 0 Å². The molecule has 2 N–H and O–H groups in total. The van der Waals surface area contributed by atoms with E-state index in [0.29, 0.717) is 5.75 Å². The summed E-state index contributed by atoms with van der Waals surface area (Å²) in [7, 11) is 0. The Kier molecular flexibility index (Phi) is 3.51. The molecule has 0 radical (unpaired) electrons. The average Bonchev–Trinajstić information content (AvgIpc) is 2.07. The maximum Gasteiger partial charge on any atom is 0.327 e. The molecule has 0 aromatic rings. The van der Waals surface area contributed by atoms with E-state index < -0.39 is 17.3 Å². The lowest BCUT2D eigenvalue weighted by Crippen LogP contribution is -2.50. The highest BCUT2D eigenvalue weighted by atomic mass is 32.2. The van der Waals surface area contributed by atoms with Crippen LogP contribution in [-0.4, -0.2) is 39.8 Å². The van der Waals surface area contributed by atoms with Crippen LogP contribution in [0.1, 0.15) is 13.3 Å². The van der Waals surface area contributed by atoms with Gasteiger partial charge in [0.15, 0.2) is 0 Å². The van der Waals surface area contributed by atoms with Crippen LogP contribution in [0.4, 0.5) is 0 Å². The van der Waals surface area contributed by atoms with E-state index in [1.807, 2.05) is 0 Å². The van der Waals surface area contributed by atoms with Gasteiger partial charge in [0.2, 0.25) is 5.91 Å². The van der Waals surface area contributed by atoms with Crippen molar-refractivity contribution in [1.29, 1.82) is 0 Å².